The molecule has 110 valence electrons. The monoisotopic (exact) mass is 297 g/mol. The lowest BCUT2D eigenvalue weighted by Gasteiger charge is -2.21. The number of hydrogen-bond donors (Lipinski definition) is 0. The van der Waals surface area contributed by atoms with Gasteiger partial charge in [-0.1, -0.05) is 0 Å². The maximum atomic E-state index is 13.2. The summed E-state index contributed by atoms with van der Waals surface area (Å²) in [5.41, 5.74) is -0.106. The van der Waals surface area contributed by atoms with Gasteiger partial charge >= 0.3 is 0 Å². The molecule has 0 unspecified atom stereocenters. The molecule has 0 bridgehead atoms. The van der Waals surface area contributed by atoms with E-state index in [1.54, 1.807) is 6.92 Å². The zero-order valence-corrected chi connectivity index (χ0v) is 11.0. The minimum absolute atomic E-state index is 0.103. The molecule has 0 aliphatic carbocycles. The highest BCUT2D eigenvalue weighted by molar-refractivity contribution is 6.06. The lowest BCUT2D eigenvalue weighted by atomic mass is 10.1. The lowest BCUT2D eigenvalue weighted by molar-refractivity contribution is 0.0987. The number of halogens is 4. The number of rotatable bonds is 3. The summed E-state index contributed by atoms with van der Waals surface area (Å²) in [6.07, 6.45) is 0. The Morgan fingerprint density at radius 1 is 0.952 bits per heavy atom. The third-order valence-electron chi connectivity index (χ3n) is 2.89. The molecule has 0 N–H and O–H groups in total. The molecule has 0 fully saturated rings. The van der Waals surface area contributed by atoms with Crippen molar-refractivity contribution in [2.75, 3.05) is 11.4 Å². The number of amides is 1. The van der Waals surface area contributed by atoms with Crippen LogP contribution in [-0.2, 0) is 0 Å². The molecule has 0 aromatic heterocycles. The average Bonchev–Trinajstić information content (AvgIpc) is 2.42. The standard InChI is InChI=1S/C15H11F4NO/c1-2-20(12-3-4-13(18)14(19)8-12)15(21)9-5-10(16)7-11(17)6-9/h3-8H,2H2,1H3. The molecule has 2 rings (SSSR count). The molecule has 2 aromatic carbocycles. The Morgan fingerprint density at radius 2 is 1.57 bits per heavy atom. The molecule has 1 amide bonds. The van der Waals surface area contributed by atoms with E-state index in [0.717, 1.165) is 29.2 Å². The first kappa shape index (κ1) is 15.0. The van der Waals surface area contributed by atoms with Gasteiger partial charge in [0.05, 0.1) is 0 Å². The van der Waals surface area contributed by atoms with Crippen molar-refractivity contribution in [1.29, 1.82) is 0 Å². The van der Waals surface area contributed by atoms with Crippen molar-refractivity contribution in [2.45, 2.75) is 6.92 Å². The van der Waals surface area contributed by atoms with Crippen LogP contribution in [0.4, 0.5) is 23.2 Å². The molecule has 2 nitrogen and oxygen atoms in total. The Morgan fingerprint density at radius 3 is 2.10 bits per heavy atom. The number of benzene rings is 2. The van der Waals surface area contributed by atoms with E-state index < -0.39 is 29.2 Å². The van der Waals surface area contributed by atoms with Gasteiger partial charge in [0.2, 0.25) is 0 Å². The Bertz CT molecular complexity index is 667. The minimum Gasteiger partial charge on any atom is -0.309 e. The van der Waals surface area contributed by atoms with Crippen LogP contribution < -0.4 is 4.90 Å². The largest absolute Gasteiger partial charge is 0.309 e. The Hall–Kier alpha value is -2.37. The number of nitrogens with zero attached hydrogens (tertiary/aromatic N) is 1. The molecule has 0 heterocycles. The van der Waals surface area contributed by atoms with Crippen LogP contribution in [0.3, 0.4) is 0 Å². The molecule has 0 radical (unpaired) electrons. The minimum atomic E-state index is -1.11. The van der Waals surface area contributed by atoms with Crippen LogP contribution in [0, 0.1) is 23.3 Å². The van der Waals surface area contributed by atoms with Crippen molar-refractivity contribution in [2.24, 2.45) is 0 Å². The van der Waals surface area contributed by atoms with Gasteiger partial charge < -0.3 is 4.90 Å². The molecular formula is C15H11F4NO. The van der Waals surface area contributed by atoms with Crippen molar-refractivity contribution >= 4 is 11.6 Å². The first-order valence-corrected chi connectivity index (χ1v) is 6.15. The van der Waals surface area contributed by atoms with Gasteiger partial charge in [-0.3, -0.25) is 4.79 Å². The predicted octanol–water partition coefficient (Wildman–Crippen LogP) is 3.91. The maximum absolute atomic E-state index is 13.2. The SMILES string of the molecule is CCN(C(=O)c1cc(F)cc(F)c1)c1ccc(F)c(F)c1. The van der Waals surface area contributed by atoms with Gasteiger partial charge in [-0.15, -0.1) is 0 Å². The van der Waals surface area contributed by atoms with Gasteiger partial charge in [-0.2, -0.15) is 0 Å². The highest BCUT2D eigenvalue weighted by atomic mass is 19.2. The van der Waals surface area contributed by atoms with Crippen molar-refractivity contribution in [3.8, 4) is 0 Å². The lowest BCUT2D eigenvalue weighted by Crippen LogP contribution is -2.31. The summed E-state index contributed by atoms with van der Waals surface area (Å²) in [6.45, 7) is 1.73. The molecular weight excluding hydrogens is 286 g/mol. The normalized spacial score (nSPS) is 10.5. The number of carbonyl (C=O) groups excluding carboxylic acids is 1. The van der Waals surface area contributed by atoms with Gasteiger partial charge in [0.1, 0.15) is 11.6 Å². The zero-order valence-electron chi connectivity index (χ0n) is 11.0. The second-order valence-electron chi connectivity index (χ2n) is 4.31. The Kier molecular flexibility index (Phi) is 4.26. The van der Waals surface area contributed by atoms with E-state index in [4.69, 9.17) is 0 Å². The summed E-state index contributed by atoms with van der Waals surface area (Å²) in [4.78, 5) is 13.3. The molecule has 0 spiro atoms. The first-order valence-electron chi connectivity index (χ1n) is 6.15. The van der Waals surface area contributed by atoms with Gasteiger partial charge in [-0.05, 0) is 31.2 Å². The van der Waals surface area contributed by atoms with Gasteiger partial charge in [0.15, 0.2) is 11.6 Å². The molecule has 0 aliphatic heterocycles. The van der Waals surface area contributed by atoms with Crippen LogP contribution in [0.2, 0.25) is 0 Å². The molecule has 0 atom stereocenters. The average molecular weight is 297 g/mol. The fourth-order valence-corrected chi connectivity index (χ4v) is 1.93. The van der Waals surface area contributed by atoms with Crippen LogP contribution in [0.15, 0.2) is 36.4 Å². The van der Waals surface area contributed by atoms with Crippen LogP contribution in [0.25, 0.3) is 0 Å². The van der Waals surface area contributed by atoms with Crippen LogP contribution in [-0.4, -0.2) is 12.5 Å². The van der Waals surface area contributed by atoms with E-state index in [2.05, 4.69) is 0 Å². The van der Waals surface area contributed by atoms with E-state index >= 15 is 0 Å². The van der Waals surface area contributed by atoms with E-state index in [9.17, 15) is 22.4 Å². The molecule has 0 aliphatic rings. The van der Waals surface area contributed by atoms with Gasteiger partial charge in [0, 0.05) is 29.9 Å². The van der Waals surface area contributed by atoms with E-state index in [1.165, 1.54) is 6.07 Å². The van der Waals surface area contributed by atoms with Crippen molar-refractivity contribution in [1.82, 2.24) is 0 Å². The quantitative estimate of drug-likeness (QED) is 0.787. The fraction of sp³-hybridized carbons (Fsp3) is 0.133. The molecule has 2 aromatic rings. The Labute approximate surface area is 118 Å². The smallest absolute Gasteiger partial charge is 0.258 e. The summed E-state index contributed by atoms with van der Waals surface area (Å²) < 4.78 is 52.5. The summed E-state index contributed by atoms with van der Waals surface area (Å²) >= 11 is 0. The molecule has 0 saturated carbocycles. The predicted molar refractivity (Wildman–Crippen MR) is 70.1 cm³/mol. The molecule has 6 heteroatoms. The maximum Gasteiger partial charge on any atom is 0.258 e. The fourth-order valence-electron chi connectivity index (χ4n) is 1.93. The van der Waals surface area contributed by atoms with Crippen molar-refractivity contribution in [3.05, 3.63) is 65.2 Å². The van der Waals surface area contributed by atoms with Crippen LogP contribution in [0.5, 0.6) is 0 Å². The summed E-state index contributed by atoms with van der Waals surface area (Å²) in [5.74, 6) is -4.63. The third kappa shape index (κ3) is 3.21. The number of anilines is 1. The second-order valence-corrected chi connectivity index (χ2v) is 4.31. The summed E-state index contributed by atoms with van der Waals surface area (Å²) in [6, 6.07) is 5.36. The highest BCUT2D eigenvalue weighted by Crippen LogP contribution is 2.21. The van der Waals surface area contributed by atoms with Gasteiger partial charge in [-0.25, -0.2) is 17.6 Å². The van der Waals surface area contributed by atoms with Crippen molar-refractivity contribution < 1.29 is 22.4 Å². The van der Waals surface area contributed by atoms with Crippen LogP contribution >= 0.6 is 0 Å². The number of carbonyl (C=O) groups is 1. The third-order valence-corrected chi connectivity index (χ3v) is 2.89. The Balaban J connectivity index is 2.40. The van der Waals surface area contributed by atoms with Crippen molar-refractivity contribution in [3.63, 3.8) is 0 Å². The number of hydrogen-bond acceptors (Lipinski definition) is 1. The molecule has 21 heavy (non-hydrogen) atoms. The molecule has 0 saturated heterocycles. The summed E-state index contributed by atoms with van der Waals surface area (Å²) in [7, 11) is 0. The second kappa shape index (κ2) is 5.95. The topological polar surface area (TPSA) is 20.3 Å². The zero-order chi connectivity index (χ0) is 15.6. The van der Waals surface area contributed by atoms with E-state index in [-0.39, 0.29) is 17.8 Å². The van der Waals surface area contributed by atoms with E-state index in [0.29, 0.717) is 6.07 Å². The van der Waals surface area contributed by atoms with Crippen LogP contribution in [0.1, 0.15) is 17.3 Å². The highest BCUT2D eigenvalue weighted by Gasteiger charge is 2.19. The summed E-state index contributed by atoms with van der Waals surface area (Å²) in [5, 5.41) is 0. The first-order chi connectivity index (χ1) is 9.92. The van der Waals surface area contributed by atoms with Gasteiger partial charge in [0.25, 0.3) is 5.91 Å². The van der Waals surface area contributed by atoms with E-state index in [1.807, 2.05) is 0 Å².